The number of nitrogens with zero attached hydrogens (tertiary/aromatic N) is 2. The van der Waals surface area contributed by atoms with Crippen molar-refractivity contribution in [2.75, 3.05) is 30.4 Å². The Kier molecular flexibility index (Phi) is 8.58. The maximum absolute atomic E-state index is 13.3. The Hall–Kier alpha value is -1.91. The van der Waals surface area contributed by atoms with Gasteiger partial charge < -0.3 is 5.32 Å². The van der Waals surface area contributed by atoms with Gasteiger partial charge in [0.1, 0.15) is 6.04 Å². The van der Waals surface area contributed by atoms with E-state index in [4.69, 9.17) is 0 Å². The van der Waals surface area contributed by atoms with Crippen LogP contribution in [0.2, 0.25) is 0 Å². The number of hydrogen-bond acceptors (Lipinski definition) is 6. The van der Waals surface area contributed by atoms with Crippen LogP contribution < -0.4 is 5.32 Å². The number of sulfonamides is 1. The average Bonchev–Trinajstić information content (AvgIpc) is 3.05. The van der Waals surface area contributed by atoms with Crippen molar-refractivity contribution in [3.8, 4) is 0 Å². The largest absolute Gasteiger partial charge is 0.324 e. The van der Waals surface area contributed by atoms with Gasteiger partial charge in [0.2, 0.25) is 27.7 Å². The second kappa shape index (κ2) is 11.0. The van der Waals surface area contributed by atoms with Crippen LogP contribution in [0.15, 0.2) is 29.2 Å². The first-order chi connectivity index (χ1) is 15.8. The van der Waals surface area contributed by atoms with Gasteiger partial charge >= 0.3 is 0 Å². The van der Waals surface area contributed by atoms with Crippen molar-refractivity contribution in [1.29, 1.82) is 0 Å². The summed E-state index contributed by atoms with van der Waals surface area (Å²) in [6.07, 6.45) is 5.47. The lowest BCUT2D eigenvalue weighted by atomic mass is 9.81. The fourth-order valence-electron chi connectivity index (χ4n) is 4.77. The maximum atomic E-state index is 13.3. The highest BCUT2D eigenvalue weighted by atomic mass is 32.2. The minimum Gasteiger partial charge on any atom is -0.324 e. The van der Waals surface area contributed by atoms with Crippen molar-refractivity contribution in [3.05, 3.63) is 24.3 Å². The van der Waals surface area contributed by atoms with E-state index < -0.39 is 22.0 Å². The Morgan fingerprint density at radius 2 is 1.76 bits per heavy atom. The van der Waals surface area contributed by atoms with Crippen molar-refractivity contribution >= 4 is 45.2 Å². The van der Waals surface area contributed by atoms with Crippen molar-refractivity contribution in [3.63, 3.8) is 0 Å². The van der Waals surface area contributed by atoms with Crippen LogP contribution in [0.3, 0.4) is 0 Å². The zero-order valence-electron chi connectivity index (χ0n) is 19.5. The van der Waals surface area contributed by atoms with Crippen molar-refractivity contribution in [1.82, 2.24) is 9.21 Å². The molecule has 0 spiro atoms. The molecular weight excluding hydrogens is 462 g/mol. The molecule has 1 saturated heterocycles. The van der Waals surface area contributed by atoms with Crippen LogP contribution in [0.25, 0.3) is 0 Å². The molecule has 1 aliphatic carbocycles. The fourth-order valence-corrected chi connectivity index (χ4v) is 6.74. The Balaban J connectivity index is 1.84. The molecule has 0 aromatic heterocycles. The summed E-state index contributed by atoms with van der Waals surface area (Å²) in [7, 11) is -3.68. The van der Waals surface area contributed by atoms with Crippen LogP contribution in [0, 0.1) is 11.8 Å². The molecular formula is C23H33N3O5S2. The topological polar surface area (TPSA) is 104 Å². The van der Waals surface area contributed by atoms with Crippen molar-refractivity contribution < 1.29 is 22.8 Å². The van der Waals surface area contributed by atoms with E-state index in [9.17, 15) is 22.8 Å². The number of anilines is 1. The van der Waals surface area contributed by atoms with Crippen LogP contribution in [0.1, 0.15) is 46.0 Å². The molecule has 2 aliphatic rings. The molecule has 1 aromatic carbocycles. The van der Waals surface area contributed by atoms with Crippen LogP contribution in [0.5, 0.6) is 0 Å². The Morgan fingerprint density at radius 1 is 1.15 bits per heavy atom. The molecule has 1 N–H and O–H groups in total. The van der Waals surface area contributed by atoms with E-state index in [2.05, 4.69) is 5.32 Å². The number of imide groups is 1. The summed E-state index contributed by atoms with van der Waals surface area (Å²) in [5.74, 6) is -0.993. The SMILES string of the molecule is CCN(CC)S(=O)(=O)c1cccc(NC(=O)C(CCSC)N2C(=O)C3CCCCC3C2=O)c1. The third-order valence-electron chi connectivity index (χ3n) is 6.53. The maximum Gasteiger partial charge on any atom is 0.247 e. The monoisotopic (exact) mass is 495 g/mol. The summed E-state index contributed by atoms with van der Waals surface area (Å²) in [5.41, 5.74) is 0.318. The number of amides is 3. The Morgan fingerprint density at radius 3 is 2.30 bits per heavy atom. The molecule has 8 nitrogen and oxygen atoms in total. The molecule has 10 heteroatoms. The van der Waals surface area contributed by atoms with Gasteiger partial charge in [0, 0.05) is 18.8 Å². The van der Waals surface area contributed by atoms with E-state index in [-0.39, 0.29) is 28.5 Å². The normalized spacial score (nSPS) is 21.9. The van der Waals surface area contributed by atoms with E-state index in [1.807, 2.05) is 6.26 Å². The molecule has 0 radical (unpaired) electrons. The third kappa shape index (κ3) is 5.27. The molecule has 182 valence electrons. The Bertz CT molecular complexity index is 970. The predicted octanol–water partition coefficient (Wildman–Crippen LogP) is 2.95. The smallest absolute Gasteiger partial charge is 0.247 e. The Labute approximate surface area is 200 Å². The standard InChI is InChI=1S/C23H33N3O5S2/c1-4-25(5-2)33(30,31)17-10-8-9-16(15-17)24-21(27)20(13-14-32-3)26-22(28)18-11-6-7-12-19(18)23(26)29/h8-10,15,18-20H,4-7,11-14H2,1-3H3,(H,24,27). The molecule has 1 aromatic rings. The lowest BCUT2D eigenvalue weighted by Gasteiger charge is -2.26. The van der Waals surface area contributed by atoms with Gasteiger partial charge in [-0.05, 0) is 49.5 Å². The van der Waals surface area contributed by atoms with Crippen LogP contribution in [0.4, 0.5) is 5.69 Å². The number of fused-ring (bicyclic) bond motifs is 1. The highest BCUT2D eigenvalue weighted by molar-refractivity contribution is 7.98. The van der Waals surface area contributed by atoms with Gasteiger partial charge in [-0.1, -0.05) is 32.8 Å². The average molecular weight is 496 g/mol. The fraction of sp³-hybridized carbons (Fsp3) is 0.609. The van der Waals surface area contributed by atoms with Gasteiger partial charge in [0.05, 0.1) is 16.7 Å². The minimum atomic E-state index is -3.68. The zero-order valence-corrected chi connectivity index (χ0v) is 21.1. The highest BCUT2D eigenvalue weighted by Crippen LogP contribution is 2.39. The summed E-state index contributed by atoms with van der Waals surface area (Å²) in [6, 6.07) is 5.19. The molecule has 3 atom stereocenters. The van der Waals surface area contributed by atoms with E-state index >= 15 is 0 Å². The summed E-state index contributed by atoms with van der Waals surface area (Å²) in [4.78, 5) is 40.7. The molecule has 1 aliphatic heterocycles. The third-order valence-corrected chi connectivity index (χ3v) is 9.22. The van der Waals surface area contributed by atoms with E-state index in [1.54, 1.807) is 37.7 Å². The van der Waals surface area contributed by atoms with Gasteiger partial charge in [0.15, 0.2) is 0 Å². The molecule has 0 bridgehead atoms. The number of rotatable bonds is 10. The second-order valence-corrected chi connectivity index (χ2v) is 11.4. The van der Waals surface area contributed by atoms with Crippen molar-refractivity contribution in [2.24, 2.45) is 11.8 Å². The molecule has 3 rings (SSSR count). The minimum absolute atomic E-state index is 0.0870. The van der Waals surface area contributed by atoms with Crippen LogP contribution >= 0.6 is 11.8 Å². The molecule has 3 unspecified atom stereocenters. The van der Waals surface area contributed by atoms with E-state index in [1.165, 1.54) is 21.3 Å². The first-order valence-corrected chi connectivity index (χ1v) is 14.4. The number of hydrogen-bond donors (Lipinski definition) is 1. The first kappa shape index (κ1) is 25.7. The number of nitrogens with one attached hydrogen (secondary N) is 1. The number of likely N-dealkylation sites (tertiary alicyclic amines) is 1. The quantitative estimate of drug-likeness (QED) is 0.501. The number of benzene rings is 1. The predicted molar refractivity (Wildman–Crippen MR) is 129 cm³/mol. The molecule has 33 heavy (non-hydrogen) atoms. The molecule has 2 fully saturated rings. The van der Waals surface area contributed by atoms with Gasteiger partial charge in [-0.2, -0.15) is 16.1 Å². The van der Waals surface area contributed by atoms with Gasteiger partial charge in [0.25, 0.3) is 0 Å². The van der Waals surface area contributed by atoms with Gasteiger partial charge in [-0.15, -0.1) is 0 Å². The number of thioether (sulfide) groups is 1. The molecule has 3 amide bonds. The highest BCUT2D eigenvalue weighted by Gasteiger charge is 2.51. The lowest BCUT2D eigenvalue weighted by Crippen LogP contribution is -2.48. The van der Waals surface area contributed by atoms with Crippen LogP contribution in [-0.2, 0) is 24.4 Å². The molecule has 1 heterocycles. The number of carbonyl (C=O) groups is 3. The summed E-state index contributed by atoms with van der Waals surface area (Å²) < 4.78 is 27.1. The zero-order chi connectivity index (χ0) is 24.2. The van der Waals surface area contributed by atoms with Crippen LogP contribution in [-0.4, -0.2) is 66.5 Å². The first-order valence-electron chi connectivity index (χ1n) is 11.5. The van der Waals surface area contributed by atoms with E-state index in [0.29, 0.717) is 43.8 Å². The second-order valence-electron chi connectivity index (χ2n) is 8.45. The lowest BCUT2D eigenvalue weighted by molar-refractivity contribution is -0.146. The molecule has 1 saturated carbocycles. The van der Waals surface area contributed by atoms with Gasteiger partial charge in [-0.3, -0.25) is 19.3 Å². The van der Waals surface area contributed by atoms with Gasteiger partial charge in [-0.25, -0.2) is 8.42 Å². The summed E-state index contributed by atoms with van der Waals surface area (Å²) in [5, 5.41) is 2.76. The van der Waals surface area contributed by atoms with Crippen molar-refractivity contribution in [2.45, 2.75) is 56.9 Å². The summed E-state index contributed by atoms with van der Waals surface area (Å²) >= 11 is 1.54. The summed E-state index contributed by atoms with van der Waals surface area (Å²) in [6.45, 7) is 4.22. The number of carbonyl (C=O) groups excluding carboxylic acids is 3. The van der Waals surface area contributed by atoms with E-state index in [0.717, 1.165) is 12.8 Å².